The third kappa shape index (κ3) is 2.27. The minimum Gasteiger partial charge on any atom is -0.461 e. The molecule has 1 aromatic heterocycles. The number of carbonyl (C=O) groups excluding carboxylic acids is 1. The number of nitriles is 1. The Labute approximate surface area is 118 Å². The molecule has 0 saturated carbocycles. The highest BCUT2D eigenvalue weighted by molar-refractivity contribution is 5.94. The average molecular weight is 270 g/mol. The van der Waals surface area contributed by atoms with Crippen molar-refractivity contribution in [2.24, 2.45) is 0 Å². The second-order valence-electron chi connectivity index (χ2n) is 5.11. The Morgan fingerprint density at radius 2 is 2.20 bits per heavy atom. The Kier molecular flexibility index (Phi) is 3.80. The van der Waals surface area contributed by atoms with Gasteiger partial charge in [-0.15, -0.1) is 0 Å². The molecule has 4 nitrogen and oxygen atoms in total. The van der Waals surface area contributed by atoms with Crippen LogP contribution >= 0.6 is 0 Å². The smallest absolute Gasteiger partial charge is 0.331 e. The molecule has 20 heavy (non-hydrogen) atoms. The van der Waals surface area contributed by atoms with E-state index in [1.807, 2.05) is 38.1 Å². The first kappa shape index (κ1) is 14.1. The fourth-order valence-electron chi connectivity index (χ4n) is 2.08. The number of H-pyrrole nitrogens is 1. The van der Waals surface area contributed by atoms with Gasteiger partial charge in [-0.2, -0.15) is 5.26 Å². The molecule has 0 aliphatic heterocycles. The van der Waals surface area contributed by atoms with Crippen molar-refractivity contribution < 1.29 is 9.53 Å². The lowest BCUT2D eigenvalue weighted by atomic mass is 9.84. The molecule has 0 aliphatic carbocycles. The molecule has 2 atom stereocenters. The zero-order chi connectivity index (χ0) is 14.8. The van der Waals surface area contributed by atoms with Crippen molar-refractivity contribution in [3.05, 3.63) is 36.0 Å². The van der Waals surface area contributed by atoms with Crippen LogP contribution in [0.3, 0.4) is 0 Å². The molecule has 0 amide bonds. The first-order valence-corrected chi connectivity index (χ1v) is 6.71. The van der Waals surface area contributed by atoms with Crippen molar-refractivity contribution >= 4 is 16.9 Å². The van der Waals surface area contributed by atoms with E-state index in [9.17, 15) is 10.1 Å². The first-order valence-electron chi connectivity index (χ1n) is 6.71. The Balaban J connectivity index is 2.46. The monoisotopic (exact) mass is 270 g/mol. The van der Waals surface area contributed by atoms with Gasteiger partial charge in [-0.25, -0.2) is 4.79 Å². The highest BCUT2D eigenvalue weighted by atomic mass is 16.5. The van der Waals surface area contributed by atoms with Crippen molar-refractivity contribution in [2.45, 2.75) is 38.7 Å². The lowest BCUT2D eigenvalue weighted by Crippen LogP contribution is -2.34. The molecule has 4 heteroatoms. The van der Waals surface area contributed by atoms with Crippen molar-refractivity contribution in [1.29, 1.82) is 5.26 Å². The molecule has 2 aromatic rings. The largest absolute Gasteiger partial charge is 0.461 e. The van der Waals surface area contributed by atoms with Crippen LogP contribution in [0.25, 0.3) is 10.9 Å². The number of rotatable bonds is 4. The van der Waals surface area contributed by atoms with Gasteiger partial charge < -0.3 is 9.72 Å². The second-order valence-corrected chi connectivity index (χ2v) is 5.11. The normalized spacial score (nSPS) is 15.3. The third-order valence-corrected chi connectivity index (χ3v) is 3.64. The first-order chi connectivity index (χ1) is 9.52. The highest BCUT2D eigenvalue weighted by Crippen LogP contribution is 2.31. The molecule has 0 aliphatic rings. The Morgan fingerprint density at radius 3 is 2.85 bits per heavy atom. The number of hydrogen-bond donors (Lipinski definition) is 1. The van der Waals surface area contributed by atoms with Crippen molar-refractivity contribution in [2.75, 3.05) is 0 Å². The zero-order valence-electron chi connectivity index (χ0n) is 11.9. The number of aromatic nitrogens is 1. The van der Waals surface area contributed by atoms with E-state index in [-0.39, 0.29) is 6.10 Å². The summed E-state index contributed by atoms with van der Waals surface area (Å²) >= 11 is 0. The van der Waals surface area contributed by atoms with E-state index in [0.29, 0.717) is 5.56 Å². The molecule has 2 rings (SSSR count). The number of hydrogen-bond acceptors (Lipinski definition) is 3. The molecular weight excluding hydrogens is 252 g/mol. The van der Waals surface area contributed by atoms with Crippen LogP contribution in [0.2, 0.25) is 0 Å². The molecule has 0 bridgehead atoms. The molecule has 0 spiro atoms. The van der Waals surface area contributed by atoms with Crippen LogP contribution in [0.5, 0.6) is 0 Å². The lowest BCUT2D eigenvalue weighted by Gasteiger charge is -2.22. The number of esters is 1. The quantitative estimate of drug-likeness (QED) is 0.867. The van der Waals surface area contributed by atoms with Crippen LogP contribution in [0.1, 0.15) is 32.8 Å². The summed E-state index contributed by atoms with van der Waals surface area (Å²) in [6.07, 6.45) is 2.24. The molecule has 0 radical (unpaired) electrons. The summed E-state index contributed by atoms with van der Waals surface area (Å²) in [6, 6.07) is 9.71. The maximum absolute atomic E-state index is 12.3. The summed E-state index contributed by atoms with van der Waals surface area (Å²) in [5.41, 5.74) is 0.257. The van der Waals surface area contributed by atoms with E-state index in [1.165, 1.54) is 0 Å². The fraction of sp³-hybridized carbons (Fsp3) is 0.375. The molecular formula is C16H18N2O2. The molecule has 1 heterocycles. The number of ether oxygens (including phenoxy) is 1. The van der Waals surface area contributed by atoms with Crippen molar-refractivity contribution in [3.63, 3.8) is 0 Å². The number of fused-ring (bicyclic) bond motifs is 1. The maximum Gasteiger partial charge on any atom is 0.331 e. The van der Waals surface area contributed by atoms with E-state index in [4.69, 9.17) is 4.74 Å². The predicted molar refractivity (Wildman–Crippen MR) is 77.1 cm³/mol. The number of benzene rings is 1. The Morgan fingerprint density at radius 1 is 1.50 bits per heavy atom. The summed E-state index contributed by atoms with van der Waals surface area (Å²) in [5.74, 6) is -0.501. The number of nitrogens with one attached hydrogen (secondary N) is 1. The number of aromatic amines is 1. The van der Waals surface area contributed by atoms with Crippen molar-refractivity contribution in [1.82, 2.24) is 4.98 Å². The topological polar surface area (TPSA) is 65.9 Å². The second kappa shape index (κ2) is 5.38. The Hall–Kier alpha value is -2.28. The summed E-state index contributed by atoms with van der Waals surface area (Å²) < 4.78 is 5.35. The molecule has 1 N–H and O–H groups in total. The predicted octanol–water partition coefficient (Wildman–Crippen LogP) is 3.29. The molecule has 1 aromatic carbocycles. The van der Waals surface area contributed by atoms with Gasteiger partial charge in [0.1, 0.15) is 0 Å². The minimum absolute atomic E-state index is 0.194. The van der Waals surface area contributed by atoms with Gasteiger partial charge in [0.2, 0.25) is 0 Å². The number of nitrogens with zero attached hydrogens (tertiary/aromatic N) is 1. The van der Waals surface area contributed by atoms with Gasteiger partial charge >= 0.3 is 5.97 Å². The van der Waals surface area contributed by atoms with Crippen LogP contribution in [-0.4, -0.2) is 17.1 Å². The van der Waals surface area contributed by atoms with Gasteiger partial charge in [-0.05, 0) is 26.3 Å². The Bertz CT molecular complexity index is 668. The van der Waals surface area contributed by atoms with E-state index in [1.54, 1.807) is 13.1 Å². The van der Waals surface area contributed by atoms with Gasteiger partial charge in [0.05, 0.1) is 12.2 Å². The minimum atomic E-state index is -1.30. The average Bonchev–Trinajstić information content (AvgIpc) is 2.90. The molecule has 104 valence electrons. The van der Waals surface area contributed by atoms with Gasteiger partial charge in [-0.3, -0.25) is 0 Å². The summed E-state index contributed by atoms with van der Waals surface area (Å²) in [4.78, 5) is 15.4. The third-order valence-electron chi connectivity index (χ3n) is 3.64. The van der Waals surface area contributed by atoms with E-state index in [2.05, 4.69) is 11.1 Å². The van der Waals surface area contributed by atoms with Gasteiger partial charge in [0, 0.05) is 22.7 Å². The highest BCUT2D eigenvalue weighted by Gasteiger charge is 2.39. The van der Waals surface area contributed by atoms with E-state index in [0.717, 1.165) is 17.3 Å². The summed E-state index contributed by atoms with van der Waals surface area (Å²) in [6.45, 7) is 5.37. The SMILES string of the molecule is CC[C@@H](C)OC(=O)[C@@](C)(C#N)c1c[nH]c2ccccc12. The summed E-state index contributed by atoms with van der Waals surface area (Å²) in [5, 5.41) is 10.4. The van der Waals surface area contributed by atoms with Crippen LogP contribution in [0, 0.1) is 11.3 Å². The van der Waals surface area contributed by atoms with Gasteiger partial charge in [0.25, 0.3) is 0 Å². The van der Waals surface area contributed by atoms with Gasteiger partial charge in [0.15, 0.2) is 5.41 Å². The molecule has 0 fully saturated rings. The number of para-hydroxylation sites is 1. The number of carbonyl (C=O) groups is 1. The molecule has 0 unspecified atom stereocenters. The maximum atomic E-state index is 12.3. The van der Waals surface area contributed by atoms with E-state index < -0.39 is 11.4 Å². The van der Waals surface area contributed by atoms with E-state index >= 15 is 0 Å². The van der Waals surface area contributed by atoms with Crippen molar-refractivity contribution in [3.8, 4) is 6.07 Å². The van der Waals surface area contributed by atoms with Crippen LogP contribution in [0.15, 0.2) is 30.5 Å². The summed E-state index contributed by atoms with van der Waals surface area (Å²) in [7, 11) is 0. The lowest BCUT2D eigenvalue weighted by molar-refractivity contribution is -0.152. The van der Waals surface area contributed by atoms with Crippen LogP contribution < -0.4 is 0 Å². The van der Waals surface area contributed by atoms with Crippen LogP contribution in [-0.2, 0) is 14.9 Å². The molecule has 0 saturated heterocycles. The standard InChI is InChI=1S/C16H18N2O2/c1-4-11(2)20-15(19)16(3,10-17)13-9-18-14-8-6-5-7-12(13)14/h5-9,11,18H,4H2,1-3H3/t11-,16+/m1/s1. The zero-order valence-corrected chi connectivity index (χ0v) is 11.9. The van der Waals surface area contributed by atoms with Crippen LogP contribution in [0.4, 0.5) is 0 Å². The fourth-order valence-corrected chi connectivity index (χ4v) is 2.08. The van der Waals surface area contributed by atoms with Gasteiger partial charge in [-0.1, -0.05) is 25.1 Å².